The summed E-state index contributed by atoms with van der Waals surface area (Å²) < 4.78 is 21.1. The maximum atomic E-state index is 6.48. The number of pyridine rings is 1. The average molecular weight is 354 g/mol. The molecule has 1 aromatic heterocycles. The minimum Gasteiger partial charge on any atom is -0.491 e. The van der Waals surface area contributed by atoms with Gasteiger partial charge in [0, 0.05) is 24.8 Å². The highest BCUT2D eigenvalue weighted by Crippen LogP contribution is 2.62. The second-order valence-corrected chi connectivity index (χ2v) is 7.59. The highest BCUT2D eigenvalue weighted by Gasteiger charge is 2.71. The molecule has 138 valence electrons. The van der Waals surface area contributed by atoms with E-state index in [0.29, 0.717) is 13.2 Å². The normalized spacial score (nSPS) is 24.0. The SMILES string of the molecule is CCOC1(OCC)[C@H]2c3ccccc3[C@H]([n+]3cccc(OC)c32)C1(C)C. The van der Waals surface area contributed by atoms with Crippen molar-refractivity contribution in [1.82, 2.24) is 0 Å². The first kappa shape index (κ1) is 17.5. The van der Waals surface area contributed by atoms with Crippen molar-refractivity contribution in [2.75, 3.05) is 20.3 Å². The van der Waals surface area contributed by atoms with Crippen molar-refractivity contribution in [1.29, 1.82) is 0 Å². The van der Waals surface area contributed by atoms with Gasteiger partial charge in [-0.1, -0.05) is 24.3 Å². The molecule has 4 nitrogen and oxygen atoms in total. The maximum Gasteiger partial charge on any atom is 0.237 e. The molecule has 0 radical (unpaired) electrons. The molecule has 3 aliphatic rings. The van der Waals surface area contributed by atoms with E-state index in [9.17, 15) is 0 Å². The topological polar surface area (TPSA) is 31.6 Å². The molecule has 1 aliphatic carbocycles. The summed E-state index contributed by atoms with van der Waals surface area (Å²) in [4.78, 5) is 0. The van der Waals surface area contributed by atoms with E-state index < -0.39 is 5.79 Å². The largest absolute Gasteiger partial charge is 0.491 e. The fourth-order valence-electron chi connectivity index (χ4n) is 5.22. The molecule has 2 aliphatic heterocycles. The molecule has 3 heterocycles. The second kappa shape index (κ2) is 6.07. The Kier molecular flexibility index (Phi) is 4.08. The van der Waals surface area contributed by atoms with Gasteiger partial charge in [-0.2, -0.15) is 4.57 Å². The van der Waals surface area contributed by atoms with Gasteiger partial charge in [0.2, 0.25) is 5.69 Å². The molecule has 0 spiro atoms. The lowest BCUT2D eigenvalue weighted by Gasteiger charge is -2.57. The zero-order valence-electron chi connectivity index (χ0n) is 16.3. The first-order valence-corrected chi connectivity index (χ1v) is 9.48. The van der Waals surface area contributed by atoms with Gasteiger partial charge in [0.15, 0.2) is 23.8 Å². The number of aromatic nitrogens is 1. The predicted molar refractivity (Wildman–Crippen MR) is 99.4 cm³/mol. The molecule has 5 rings (SSSR count). The van der Waals surface area contributed by atoms with Crippen LogP contribution in [0.2, 0.25) is 0 Å². The van der Waals surface area contributed by atoms with Crippen molar-refractivity contribution in [3.63, 3.8) is 0 Å². The Morgan fingerprint density at radius 3 is 2.23 bits per heavy atom. The molecule has 0 saturated heterocycles. The van der Waals surface area contributed by atoms with Gasteiger partial charge in [-0.05, 0) is 39.3 Å². The second-order valence-electron chi connectivity index (χ2n) is 7.59. The fraction of sp³-hybridized carbons (Fsp3) is 0.500. The van der Waals surface area contributed by atoms with Gasteiger partial charge in [0.1, 0.15) is 5.92 Å². The van der Waals surface area contributed by atoms with E-state index in [0.717, 1.165) is 11.4 Å². The molecule has 0 saturated carbocycles. The summed E-state index contributed by atoms with van der Waals surface area (Å²) in [5.41, 5.74) is 3.52. The van der Waals surface area contributed by atoms with Crippen LogP contribution >= 0.6 is 0 Å². The molecule has 26 heavy (non-hydrogen) atoms. The van der Waals surface area contributed by atoms with Gasteiger partial charge in [-0.3, -0.25) is 0 Å². The van der Waals surface area contributed by atoms with Gasteiger partial charge < -0.3 is 14.2 Å². The zero-order valence-corrected chi connectivity index (χ0v) is 16.3. The standard InChI is InChI=1S/C22H28NO3/c1-6-25-22(26-7-2)18-15-11-8-9-12-16(15)20(21(22,3)4)23-14-10-13-17(24-5)19(18)23/h8-14,18,20H,6-7H2,1-5H3/q+1/t18-,20-/m0/s1. The Balaban J connectivity index is 2.10. The smallest absolute Gasteiger partial charge is 0.237 e. The van der Waals surface area contributed by atoms with Crippen LogP contribution in [0.5, 0.6) is 5.75 Å². The lowest BCUT2D eigenvalue weighted by molar-refractivity contribution is -0.755. The van der Waals surface area contributed by atoms with Crippen LogP contribution in [0.25, 0.3) is 0 Å². The molecular formula is C22H28NO3+. The summed E-state index contributed by atoms with van der Waals surface area (Å²) in [6.07, 6.45) is 2.16. The molecule has 0 fully saturated rings. The molecule has 0 N–H and O–H groups in total. The summed E-state index contributed by atoms with van der Waals surface area (Å²) >= 11 is 0. The van der Waals surface area contributed by atoms with Crippen LogP contribution < -0.4 is 9.30 Å². The quantitative estimate of drug-likeness (QED) is 0.604. The fourth-order valence-corrected chi connectivity index (χ4v) is 5.22. The minimum absolute atomic E-state index is 0.0465. The average Bonchev–Trinajstić information content (AvgIpc) is 2.64. The van der Waals surface area contributed by atoms with Gasteiger partial charge in [-0.15, -0.1) is 0 Å². The molecule has 2 bridgehead atoms. The Bertz CT molecular complexity index is 824. The van der Waals surface area contributed by atoms with E-state index >= 15 is 0 Å². The number of fused-ring (bicyclic) bond motifs is 1. The number of nitrogens with zero attached hydrogens (tertiary/aromatic N) is 1. The zero-order chi connectivity index (χ0) is 18.5. The van der Waals surface area contributed by atoms with E-state index in [1.54, 1.807) is 7.11 Å². The number of ether oxygens (including phenoxy) is 3. The highest BCUT2D eigenvalue weighted by molar-refractivity contribution is 5.49. The third-order valence-corrected chi connectivity index (χ3v) is 6.08. The molecular weight excluding hydrogens is 326 g/mol. The Labute approximate surface area is 155 Å². The van der Waals surface area contributed by atoms with Crippen molar-refractivity contribution >= 4 is 0 Å². The number of benzene rings is 1. The van der Waals surface area contributed by atoms with Crippen molar-refractivity contribution in [2.24, 2.45) is 5.41 Å². The summed E-state index contributed by atoms with van der Waals surface area (Å²) in [6, 6.07) is 12.9. The van der Waals surface area contributed by atoms with Crippen molar-refractivity contribution < 1.29 is 18.8 Å². The molecule has 1 aromatic carbocycles. The number of hydrogen-bond donors (Lipinski definition) is 0. The van der Waals surface area contributed by atoms with E-state index in [-0.39, 0.29) is 17.4 Å². The summed E-state index contributed by atoms with van der Waals surface area (Å²) in [6.45, 7) is 9.82. The Morgan fingerprint density at radius 1 is 0.962 bits per heavy atom. The molecule has 2 aromatic rings. The molecule has 4 heteroatoms. The van der Waals surface area contributed by atoms with Crippen LogP contribution in [0.4, 0.5) is 0 Å². The monoisotopic (exact) mass is 354 g/mol. The van der Waals surface area contributed by atoms with E-state index in [2.05, 4.69) is 54.9 Å². The summed E-state index contributed by atoms with van der Waals surface area (Å²) in [5, 5.41) is 0. The first-order chi connectivity index (χ1) is 12.5. The lowest BCUT2D eigenvalue weighted by atomic mass is 9.57. The lowest BCUT2D eigenvalue weighted by Crippen LogP contribution is -2.71. The summed E-state index contributed by atoms with van der Waals surface area (Å²) in [7, 11) is 1.73. The van der Waals surface area contributed by atoms with Crippen LogP contribution in [0.1, 0.15) is 56.5 Å². The van der Waals surface area contributed by atoms with E-state index in [1.807, 2.05) is 19.9 Å². The van der Waals surface area contributed by atoms with Crippen molar-refractivity contribution in [3.05, 3.63) is 59.4 Å². The van der Waals surface area contributed by atoms with Crippen LogP contribution in [-0.4, -0.2) is 26.1 Å². The third kappa shape index (κ3) is 2.00. The number of rotatable bonds is 5. The van der Waals surface area contributed by atoms with Crippen LogP contribution in [0, 0.1) is 5.41 Å². The maximum absolute atomic E-state index is 6.48. The highest BCUT2D eigenvalue weighted by atomic mass is 16.7. The third-order valence-electron chi connectivity index (χ3n) is 6.08. The molecule has 0 amide bonds. The Morgan fingerprint density at radius 2 is 1.62 bits per heavy atom. The predicted octanol–water partition coefficient (Wildman–Crippen LogP) is 3.83. The number of methoxy groups -OCH3 is 1. The number of hydrogen-bond acceptors (Lipinski definition) is 3. The van der Waals surface area contributed by atoms with Crippen LogP contribution in [0.15, 0.2) is 42.6 Å². The van der Waals surface area contributed by atoms with Gasteiger partial charge in [0.25, 0.3) is 0 Å². The molecule has 0 unspecified atom stereocenters. The van der Waals surface area contributed by atoms with Crippen molar-refractivity contribution in [3.8, 4) is 5.75 Å². The summed E-state index contributed by atoms with van der Waals surface area (Å²) in [5.74, 6) is 0.107. The Hall–Kier alpha value is -1.91. The van der Waals surface area contributed by atoms with Crippen LogP contribution in [0.3, 0.4) is 0 Å². The van der Waals surface area contributed by atoms with Crippen molar-refractivity contribution in [2.45, 2.75) is 45.4 Å². The minimum atomic E-state index is -0.732. The van der Waals surface area contributed by atoms with Crippen LogP contribution in [-0.2, 0) is 9.47 Å². The first-order valence-electron chi connectivity index (χ1n) is 9.48. The van der Waals surface area contributed by atoms with E-state index in [4.69, 9.17) is 14.2 Å². The van der Waals surface area contributed by atoms with Gasteiger partial charge in [0.05, 0.1) is 12.5 Å². The van der Waals surface area contributed by atoms with Gasteiger partial charge in [-0.25, -0.2) is 0 Å². The molecule has 2 atom stereocenters. The van der Waals surface area contributed by atoms with Gasteiger partial charge >= 0.3 is 0 Å². The van der Waals surface area contributed by atoms with E-state index in [1.165, 1.54) is 11.1 Å².